The van der Waals surface area contributed by atoms with E-state index in [0.717, 1.165) is 49.5 Å². The van der Waals surface area contributed by atoms with E-state index in [4.69, 9.17) is 0 Å². The van der Waals surface area contributed by atoms with Crippen LogP contribution in [0.1, 0.15) is 19.7 Å². The largest absolute Gasteiger partial charge is 0.392 e. The molecule has 0 radical (unpaired) electrons. The highest BCUT2D eigenvalue weighted by molar-refractivity contribution is 5.81. The van der Waals surface area contributed by atoms with Crippen LogP contribution in [0.25, 0.3) is 11.0 Å². The number of aromatic nitrogens is 2. The highest BCUT2D eigenvalue weighted by Gasteiger charge is 2.23. The van der Waals surface area contributed by atoms with Gasteiger partial charge in [0.2, 0.25) is 5.91 Å². The number of carbonyl (C=O) groups is 1. The second-order valence-corrected chi connectivity index (χ2v) is 6.49. The zero-order chi connectivity index (χ0) is 17.1. The Morgan fingerprint density at radius 1 is 1.25 bits per heavy atom. The average Bonchev–Trinajstić information content (AvgIpc) is 2.93. The number of hydrogen-bond acceptors (Lipinski definition) is 4. The number of imidazole rings is 1. The monoisotopic (exact) mass is 330 g/mol. The van der Waals surface area contributed by atoms with Crippen molar-refractivity contribution in [1.29, 1.82) is 0 Å². The summed E-state index contributed by atoms with van der Waals surface area (Å²) < 4.78 is 2.04. The van der Waals surface area contributed by atoms with Crippen molar-refractivity contribution in [2.24, 2.45) is 0 Å². The average molecular weight is 330 g/mol. The van der Waals surface area contributed by atoms with Gasteiger partial charge in [0.25, 0.3) is 0 Å². The van der Waals surface area contributed by atoms with E-state index < -0.39 is 0 Å². The first-order valence-corrected chi connectivity index (χ1v) is 8.70. The highest BCUT2D eigenvalue weighted by Crippen LogP contribution is 2.17. The van der Waals surface area contributed by atoms with Crippen molar-refractivity contribution in [3.8, 4) is 0 Å². The van der Waals surface area contributed by atoms with E-state index in [0.29, 0.717) is 13.1 Å². The number of benzene rings is 1. The quantitative estimate of drug-likeness (QED) is 0.892. The minimum absolute atomic E-state index is 0.143. The molecule has 2 aromatic rings. The predicted molar refractivity (Wildman–Crippen MR) is 93.8 cm³/mol. The third-order valence-corrected chi connectivity index (χ3v) is 4.59. The van der Waals surface area contributed by atoms with Crippen LogP contribution in [0.5, 0.6) is 0 Å². The Morgan fingerprint density at radius 3 is 2.62 bits per heavy atom. The van der Waals surface area contributed by atoms with Gasteiger partial charge in [0.15, 0.2) is 0 Å². The third kappa shape index (κ3) is 3.60. The molecule has 6 heteroatoms. The summed E-state index contributed by atoms with van der Waals surface area (Å²) in [4.78, 5) is 21.5. The number of β-amino-alcohol motifs (C(OH)–C–C–N with tert-alkyl or cyclic N) is 1. The van der Waals surface area contributed by atoms with Crippen LogP contribution in [0.2, 0.25) is 0 Å². The number of fused-ring (bicyclic) bond motifs is 1. The van der Waals surface area contributed by atoms with Gasteiger partial charge in [-0.25, -0.2) is 4.98 Å². The summed E-state index contributed by atoms with van der Waals surface area (Å²) in [5.41, 5.74) is 1.97. The Labute approximate surface area is 142 Å². The first-order chi connectivity index (χ1) is 11.6. The lowest BCUT2D eigenvalue weighted by Gasteiger charge is -2.35. The van der Waals surface area contributed by atoms with Crippen LogP contribution in [0.4, 0.5) is 0 Å². The maximum absolute atomic E-state index is 12.7. The third-order valence-electron chi connectivity index (χ3n) is 4.59. The summed E-state index contributed by atoms with van der Waals surface area (Å²) in [6, 6.07) is 7.97. The molecule has 1 aromatic heterocycles. The molecule has 1 N–H and O–H groups in total. The number of carbonyl (C=O) groups excluding carboxylic acids is 1. The molecular weight excluding hydrogens is 304 g/mol. The number of aliphatic hydroxyl groups excluding tert-OH is 1. The van der Waals surface area contributed by atoms with Crippen LogP contribution in [-0.2, 0) is 17.8 Å². The van der Waals surface area contributed by atoms with E-state index in [9.17, 15) is 9.90 Å². The minimum Gasteiger partial charge on any atom is -0.392 e. The molecule has 1 saturated heterocycles. The second-order valence-electron chi connectivity index (χ2n) is 6.49. The fourth-order valence-corrected chi connectivity index (χ4v) is 3.36. The van der Waals surface area contributed by atoms with Crippen molar-refractivity contribution in [1.82, 2.24) is 19.4 Å². The maximum atomic E-state index is 12.7. The predicted octanol–water partition coefficient (Wildman–Crippen LogP) is 1.12. The molecule has 1 aliphatic heterocycles. The van der Waals surface area contributed by atoms with Crippen molar-refractivity contribution in [2.75, 3.05) is 32.7 Å². The van der Waals surface area contributed by atoms with Gasteiger partial charge in [0.05, 0.1) is 17.1 Å². The van der Waals surface area contributed by atoms with Gasteiger partial charge in [-0.3, -0.25) is 9.69 Å². The van der Waals surface area contributed by atoms with Gasteiger partial charge in [-0.05, 0) is 19.1 Å². The van der Waals surface area contributed by atoms with E-state index in [1.54, 1.807) is 6.92 Å². The zero-order valence-electron chi connectivity index (χ0n) is 14.5. The van der Waals surface area contributed by atoms with E-state index >= 15 is 0 Å². The van der Waals surface area contributed by atoms with E-state index in [1.807, 2.05) is 33.7 Å². The van der Waals surface area contributed by atoms with Crippen LogP contribution in [0.3, 0.4) is 0 Å². The Balaban J connectivity index is 1.68. The fourth-order valence-electron chi connectivity index (χ4n) is 3.36. The molecule has 130 valence electrons. The Hall–Kier alpha value is -1.92. The SMILES string of the molecule is CCc1nc2ccccc2n1CC(=O)N1CCN(C[C@H](C)O)CC1. The lowest BCUT2D eigenvalue weighted by atomic mass is 10.2. The molecule has 24 heavy (non-hydrogen) atoms. The van der Waals surface area contributed by atoms with Crippen LogP contribution < -0.4 is 0 Å². The van der Waals surface area contributed by atoms with E-state index in [2.05, 4.69) is 16.8 Å². The van der Waals surface area contributed by atoms with Crippen LogP contribution in [0.15, 0.2) is 24.3 Å². The highest BCUT2D eigenvalue weighted by atomic mass is 16.3. The molecule has 0 unspecified atom stereocenters. The molecule has 1 amide bonds. The number of aliphatic hydroxyl groups is 1. The van der Waals surface area contributed by atoms with Crippen molar-refractivity contribution in [3.63, 3.8) is 0 Å². The van der Waals surface area contributed by atoms with Gasteiger partial charge >= 0.3 is 0 Å². The molecule has 1 aliphatic rings. The van der Waals surface area contributed by atoms with Crippen molar-refractivity contribution < 1.29 is 9.90 Å². The lowest BCUT2D eigenvalue weighted by molar-refractivity contribution is -0.133. The number of piperazine rings is 1. The topological polar surface area (TPSA) is 61.6 Å². The summed E-state index contributed by atoms with van der Waals surface area (Å²) in [7, 11) is 0. The Morgan fingerprint density at radius 2 is 1.96 bits per heavy atom. The van der Waals surface area contributed by atoms with Gasteiger partial charge in [-0.1, -0.05) is 19.1 Å². The van der Waals surface area contributed by atoms with Crippen LogP contribution >= 0.6 is 0 Å². The van der Waals surface area contributed by atoms with Gasteiger partial charge in [-0.2, -0.15) is 0 Å². The van der Waals surface area contributed by atoms with Crippen LogP contribution in [0, 0.1) is 0 Å². The zero-order valence-corrected chi connectivity index (χ0v) is 14.5. The normalized spacial score (nSPS) is 17.4. The maximum Gasteiger partial charge on any atom is 0.242 e. The van der Waals surface area contributed by atoms with E-state index in [-0.39, 0.29) is 12.0 Å². The standard InChI is InChI=1S/C18H26N4O2/c1-3-17-19-15-6-4-5-7-16(15)22(17)13-18(24)21-10-8-20(9-11-21)12-14(2)23/h4-7,14,23H,3,8-13H2,1-2H3/t14-/m0/s1. The molecule has 1 aromatic carbocycles. The van der Waals surface area contributed by atoms with Gasteiger partial charge < -0.3 is 14.6 Å². The molecule has 3 rings (SSSR count). The minimum atomic E-state index is -0.323. The van der Waals surface area contributed by atoms with Crippen molar-refractivity contribution in [2.45, 2.75) is 32.9 Å². The summed E-state index contributed by atoms with van der Waals surface area (Å²) in [5, 5.41) is 9.48. The van der Waals surface area contributed by atoms with Crippen molar-refractivity contribution >= 4 is 16.9 Å². The van der Waals surface area contributed by atoms with Crippen molar-refractivity contribution in [3.05, 3.63) is 30.1 Å². The number of rotatable bonds is 5. The summed E-state index contributed by atoms with van der Waals surface area (Å²) in [6.45, 7) is 7.97. The van der Waals surface area contributed by atoms with Gasteiger partial charge in [0.1, 0.15) is 12.4 Å². The van der Waals surface area contributed by atoms with E-state index in [1.165, 1.54) is 0 Å². The number of hydrogen-bond donors (Lipinski definition) is 1. The summed E-state index contributed by atoms with van der Waals surface area (Å²) in [5.74, 6) is 1.10. The first-order valence-electron chi connectivity index (χ1n) is 8.70. The number of nitrogens with zero attached hydrogens (tertiary/aromatic N) is 4. The summed E-state index contributed by atoms with van der Waals surface area (Å²) >= 11 is 0. The number of aryl methyl sites for hydroxylation is 1. The molecule has 6 nitrogen and oxygen atoms in total. The fraction of sp³-hybridized carbons (Fsp3) is 0.556. The molecule has 1 atom stereocenters. The molecule has 0 spiro atoms. The Kier molecular flexibility index (Phi) is 5.16. The first kappa shape index (κ1) is 16.9. The van der Waals surface area contributed by atoms with Crippen LogP contribution in [-0.4, -0.2) is 69.2 Å². The molecule has 2 heterocycles. The molecule has 0 aliphatic carbocycles. The van der Waals surface area contributed by atoms with Gasteiger partial charge in [-0.15, -0.1) is 0 Å². The Bertz CT molecular complexity index is 702. The summed E-state index contributed by atoms with van der Waals surface area (Å²) in [6.07, 6.45) is 0.487. The molecular formula is C18H26N4O2. The lowest BCUT2D eigenvalue weighted by Crippen LogP contribution is -2.50. The molecule has 0 saturated carbocycles. The number of amides is 1. The molecule has 1 fully saturated rings. The van der Waals surface area contributed by atoms with Gasteiger partial charge in [0, 0.05) is 39.1 Å². The number of para-hydroxylation sites is 2. The molecule has 0 bridgehead atoms. The smallest absolute Gasteiger partial charge is 0.242 e. The second kappa shape index (κ2) is 7.32.